The molecule has 132 valence electrons. The summed E-state index contributed by atoms with van der Waals surface area (Å²) in [5.41, 5.74) is 4.46. The van der Waals surface area contributed by atoms with Crippen molar-refractivity contribution in [1.82, 2.24) is 9.97 Å². The summed E-state index contributed by atoms with van der Waals surface area (Å²) >= 11 is 0. The zero-order valence-electron chi connectivity index (χ0n) is 14.9. The largest absolute Gasteiger partial charge is 0.465 e. The number of nitrogens with one attached hydrogen (secondary N) is 2. The molecule has 3 aromatic rings. The number of esters is 1. The van der Waals surface area contributed by atoms with Gasteiger partial charge in [0, 0.05) is 17.6 Å². The number of anilines is 4. The molecule has 1 aromatic heterocycles. The van der Waals surface area contributed by atoms with E-state index in [1.807, 2.05) is 38.1 Å². The molecule has 0 fully saturated rings. The van der Waals surface area contributed by atoms with Crippen molar-refractivity contribution in [1.29, 1.82) is 0 Å². The Bertz CT molecular complexity index is 920. The van der Waals surface area contributed by atoms with Gasteiger partial charge in [0.15, 0.2) is 0 Å². The van der Waals surface area contributed by atoms with Crippen LogP contribution >= 0.6 is 0 Å². The molecule has 0 saturated carbocycles. The molecule has 0 amide bonds. The van der Waals surface area contributed by atoms with Crippen molar-refractivity contribution in [2.45, 2.75) is 13.8 Å². The van der Waals surface area contributed by atoms with E-state index in [0.717, 1.165) is 22.5 Å². The van der Waals surface area contributed by atoms with Crippen molar-refractivity contribution in [2.24, 2.45) is 0 Å². The molecular formula is C20H20N4O2. The summed E-state index contributed by atoms with van der Waals surface area (Å²) in [4.78, 5) is 20.4. The molecule has 0 aliphatic carbocycles. The van der Waals surface area contributed by atoms with Crippen molar-refractivity contribution < 1.29 is 9.53 Å². The smallest absolute Gasteiger partial charge is 0.337 e. The fourth-order valence-electron chi connectivity index (χ4n) is 2.60. The zero-order valence-corrected chi connectivity index (χ0v) is 14.9. The molecule has 2 aromatic carbocycles. The van der Waals surface area contributed by atoms with Gasteiger partial charge in [0.25, 0.3) is 0 Å². The number of methoxy groups -OCH3 is 1. The van der Waals surface area contributed by atoms with Crippen molar-refractivity contribution in [2.75, 3.05) is 17.7 Å². The summed E-state index contributed by atoms with van der Waals surface area (Å²) in [7, 11) is 1.36. The first-order valence-corrected chi connectivity index (χ1v) is 8.18. The number of para-hydroxylation sites is 1. The molecular weight excluding hydrogens is 328 g/mol. The summed E-state index contributed by atoms with van der Waals surface area (Å²) in [5, 5.41) is 6.45. The van der Waals surface area contributed by atoms with E-state index in [1.54, 1.807) is 30.5 Å². The van der Waals surface area contributed by atoms with E-state index < -0.39 is 0 Å². The van der Waals surface area contributed by atoms with E-state index in [9.17, 15) is 4.79 Å². The Morgan fingerprint density at radius 3 is 2.46 bits per heavy atom. The minimum atomic E-state index is -0.381. The van der Waals surface area contributed by atoms with Crippen LogP contribution in [0.5, 0.6) is 0 Å². The number of carbonyl (C=O) groups excluding carboxylic acids is 1. The van der Waals surface area contributed by atoms with Gasteiger partial charge in [-0.15, -0.1) is 0 Å². The van der Waals surface area contributed by atoms with E-state index in [0.29, 0.717) is 17.3 Å². The van der Waals surface area contributed by atoms with Gasteiger partial charge < -0.3 is 15.4 Å². The number of nitrogens with zero attached hydrogens (tertiary/aromatic N) is 2. The number of aryl methyl sites for hydroxylation is 2. The highest BCUT2D eigenvalue weighted by Crippen LogP contribution is 2.23. The van der Waals surface area contributed by atoms with E-state index in [4.69, 9.17) is 4.74 Å². The minimum absolute atomic E-state index is 0.381. The highest BCUT2D eigenvalue weighted by atomic mass is 16.5. The maximum Gasteiger partial charge on any atom is 0.337 e. The molecule has 26 heavy (non-hydrogen) atoms. The Kier molecular flexibility index (Phi) is 5.12. The number of hydrogen-bond acceptors (Lipinski definition) is 6. The lowest BCUT2D eigenvalue weighted by Crippen LogP contribution is -2.04. The zero-order chi connectivity index (χ0) is 18.5. The molecule has 0 unspecified atom stereocenters. The van der Waals surface area contributed by atoms with Gasteiger partial charge in [0.2, 0.25) is 5.95 Å². The molecule has 6 nitrogen and oxygen atoms in total. The second-order valence-corrected chi connectivity index (χ2v) is 5.85. The van der Waals surface area contributed by atoms with Crippen LogP contribution in [0.2, 0.25) is 0 Å². The lowest BCUT2D eigenvalue weighted by atomic mass is 10.1. The third-order valence-electron chi connectivity index (χ3n) is 3.93. The Hall–Kier alpha value is -3.41. The van der Waals surface area contributed by atoms with Crippen molar-refractivity contribution in [3.8, 4) is 0 Å². The van der Waals surface area contributed by atoms with Crippen LogP contribution in [0.3, 0.4) is 0 Å². The first kappa shape index (κ1) is 17.4. The van der Waals surface area contributed by atoms with E-state index in [1.165, 1.54) is 7.11 Å². The Labute approximate surface area is 152 Å². The molecule has 3 rings (SSSR count). The van der Waals surface area contributed by atoms with Crippen LogP contribution in [-0.4, -0.2) is 23.0 Å². The Morgan fingerprint density at radius 1 is 1.00 bits per heavy atom. The Balaban J connectivity index is 1.81. The average molecular weight is 348 g/mol. The first-order chi connectivity index (χ1) is 12.6. The predicted octanol–water partition coefficient (Wildman–Crippen LogP) is 4.37. The summed E-state index contributed by atoms with van der Waals surface area (Å²) in [6, 6.07) is 14.9. The standard InChI is InChI=1S/C20H20N4O2/c1-13-6-4-7-14(2)18(13)24-20-21-11-10-17(23-20)22-16-9-5-8-15(12-16)19(25)26-3/h4-12H,1-3H3,(H2,21,22,23,24). The maximum absolute atomic E-state index is 11.7. The second-order valence-electron chi connectivity index (χ2n) is 5.85. The molecule has 0 radical (unpaired) electrons. The van der Waals surface area contributed by atoms with Gasteiger partial charge in [-0.25, -0.2) is 9.78 Å². The summed E-state index contributed by atoms with van der Waals surface area (Å²) < 4.78 is 4.75. The monoisotopic (exact) mass is 348 g/mol. The van der Waals surface area contributed by atoms with Crippen LogP contribution in [0.4, 0.5) is 23.1 Å². The van der Waals surface area contributed by atoms with Gasteiger partial charge in [0.05, 0.1) is 12.7 Å². The van der Waals surface area contributed by atoms with Crippen molar-refractivity contribution >= 4 is 29.1 Å². The molecule has 0 bridgehead atoms. The van der Waals surface area contributed by atoms with Crippen LogP contribution in [0.25, 0.3) is 0 Å². The minimum Gasteiger partial charge on any atom is -0.465 e. The first-order valence-electron chi connectivity index (χ1n) is 8.18. The van der Waals surface area contributed by atoms with E-state index in [2.05, 4.69) is 20.6 Å². The van der Waals surface area contributed by atoms with Crippen LogP contribution in [0.1, 0.15) is 21.5 Å². The summed E-state index contributed by atoms with van der Waals surface area (Å²) in [6.45, 7) is 4.07. The van der Waals surface area contributed by atoms with Gasteiger partial charge in [-0.1, -0.05) is 24.3 Å². The normalized spacial score (nSPS) is 10.3. The van der Waals surface area contributed by atoms with Gasteiger partial charge in [-0.05, 0) is 49.2 Å². The molecule has 0 atom stereocenters. The molecule has 0 spiro atoms. The lowest BCUT2D eigenvalue weighted by molar-refractivity contribution is 0.0601. The number of aromatic nitrogens is 2. The van der Waals surface area contributed by atoms with Gasteiger partial charge in [0.1, 0.15) is 5.82 Å². The van der Waals surface area contributed by atoms with Crippen molar-refractivity contribution in [3.05, 3.63) is 71.4 Å². The van der Waals surface area contributed by atoms with Gasteiger partial charge >= 0.3 is 5.97 Å². The van der Waals surface area contributed by atoms with Crippen LogP contribution in [0, 0.1) is 13.8 Å². The van der Waals surface area contributed by atoms with E-state index >= 15 is 0 Å². The van der Waals surface area contributed by atoms with E-state index in [-0.39, 0.29) is 5.97 Å². The number of ether oxygens (including phenoxy) is 1. The number of hydrogen-bond donors (Lipinski definition) is 2. The maximum atomic E-state index is 11.7. The quantitative estimate of drug-likeness (QED) is 0.667. The summed E-state index contributed by atoms with van der Waals surface area (Å²) in [6.07, 6.45) is 1.68. The summed E-state index contributed by atoms with van der Waals surface area (Å²) in [5.74, 6) is 0.737. The molecule has 2 N–H and O–H groups in total. The van der Waals surface area contributed by atoms with Gasteiger partial charge in [-0.3, -0.25) is 0 Å². The highest BCUT2D eigenvalue weighted by Gasteiger charge is 2.08. The Morgan fingerprint density at radius 2 is 1.73 bits per heavy atom. The van der Waals surface area contributed by atoms with Crippen LogP contribution < -0.4 is 10.6 Å². The SMILES string of the molecule is COC(=O)c1cccc(Nc2ccnc(Nc3c(C)cccc3C)n2)c1. The molecule has 0 aliphatic rings. The fourth-order valence-corrected chi connectivity index (χ4v) is 2.60. The van der Waals surface area contributed by atoms with Crippen LogP contribution in [-0.2, 0) is 4.74 Å². The molecule has 0 aliphatic heterocycles. The second kappa shape index (κ2) is 7.65. The average Bonchev–Trinajstić information content (AvgIpc) is 2.65. The number of carbonyl (C=O) groups is 1. The highest BCUT2D eigenvalue weighted by molar-refractivity contribution is 5.90. The predicted molar refractivity (Wildman–Crippen MR) is 102 cm³/mol. The van der Waals surface area contributed by atoms with Gasteiger partial charge in [-0.2, -0.15) is 4.98 Å². The van der Waals surface area contributed by atoms with Crippen molar-refractivity contribution in [3.63, 3.8) is 0 Å². The molecule has 1 heterocycles. The number of rotatable bonds is 5. The molecule has 6 heteroatoms. The molecule has 0 saturated heterocycles. The van der Waals surface area contributed by atoms with Crippen LogP contribution in [0.15, 0.2) is 54.7 Å². The third-order valence-corrected chi connectivity index (χ3v) is 3.93. The number of benzene rings is 2. The fraction of sp³-hybridized carbons (Fsp3) is 0.150. The third kappa shape index (κ3) is 3.97. The lowest BCUT2D eigenvalue weighted by Gasteiger charge is -2.12. The topological polar surface area (TPSA) is 76.1 Å².